The van der Waals surface area contributed by atoms with Crippen LogP contribution in [0.4, 0.5) is 0 Å². The van der Waals surface area contributed by atoms with Gasteiger partial charge in [0.25, 0.3) is 5.91 Å². The topological polar surface area (TPSA) is 67.9 Å². The number of rotatable bonds is 11. The van der Waals surface area contributed by atoms with Crippen LogP contribution < -0.4 is 14.8 Å². The van der Waals surface area contributed by atoms with Crippen LogP contribution >= 0.6 is 0 Å². The first-order valence-corrected chi connectivity index (χ1v) is 11.2. The molecule has 6 heteroatoms. The van der Waals surface area contributed by atoms with Crippen LogP contribution in [0.5, 0.6) is 11.5 Å². The molecule has 2 atom stereocenters. The third kappa shape index (κ3) is 7.01. The van der Waals surface area contributed by atoms with Crippen molar-refractivity contribution >= 4 is 11.8 Å². The van der Waals surface area contributed by atoms with Gasteiger partial charge in [-0.2, -0.15) is 0 Å². The fraction of sp³-hybridized carbons (Fsp3) is 0.462. The van der Waals surface area contributed by atoms with E-state index < -0.39 is 6.04 Å². The maximum absolute atomic E-state index is 13.3. The number of aryl methyl sites for hydroxylation is 2. The van der Waals surface area contributed by atoms with Gasteiger partial charge in [0.1, 0.15) is 17.5 Å². The van der Waals surface area contributed by atoms with Crippen molar-refractivity contribution in [1.82, 2.24) is 10.2 Å². The molecule has 174 valence electrons. The van der Waals surface area contributed by atoms with E-state index >= 15 is 0 Å². The molecule has 0 bridgehead atoms. The zero-order chi connectivity index (χ0) is 23.7. The monoisotopic (exact) mass is 440 g/mol. The molecule has 0 saturated heterocycles. The third-order valence-electron chi connectivity index (χ3n) is 5.57. The molecule has 2 aromatic carbocycles. The standard InChI is InChI=1S/C26H36N2O4/c1-7-20(5)27-26(30)23(8-2)28(16-21-10-9-11-22(15-21)31-6)25(29)17-32-24-14-18(3)12-13-19(24)4/h9-15,20,23H,7-8,16-17H2,1-6H3,(H,27,30)/t20-,23+/m1/s1. The van der Waals surface area contributed by atoms with Gasteiger partial charge in [0.2, 0.25) is 5.91 Å². The average molecular weight is 441 g/mol. The van der Waals surface area contributed by atoms with Crippen molar-refractivity contribution in [2.24, 2.45) is 0 Å². The third-order valence-corrected chi connectivity index (χ3v) is 5.57. The fourth-order valence-corrected chi connectivity index (χ4v) is 3.41. The van der Waals surface area contributed by atoms with E-state index in [4.69, 9.17) is 9.47 Å². The lowest BCUT2D eigenvalue weighted by Crippen LogP contribution is -2.51. The highest BCUT2D eigenvalue weighted by Crippen LogP contribution is 2.21. The number of amides is 2. The molecule has 0 aromatic heterocycles. The van der Waals surface area contributed by atoms with Crippen molar-refractivity contribution in [3.63, 3.8) is 0 Å². The smallest absolute Gasteiger partial charge is 0.261 e. The van der Waals surface area contributed by atoms with Crippen molar-refractivity contribution in [2.45, 2.75) is 66.1 Å². The first-order chi connectivity index (χ1) is 15.3. The van der Waals surface area contributed by atoms with Gasteiger partial charge in [0, 0.05) is 12.6 Å². The fourth-order valence-electron chi connectivity index (χ4n) is 3.41. The molecule has 2 rings (SSSR count). The molecular weight excluding hydrogens is 404 g/mol. The van der Waals surface area contributed by atoms with Crippen LogP contribution in [-0.2, 0) is 16.1 Å². The van der Waals surface area contributed by atoms with E-state index in [1.54, 1.807) is 12.0 Å². The predicted molar refractivity (Wildman–Crippen MR) is 127 cm³/mol. The average Bonchev–Trinajstić information content (AvgIpc) is 2.79. The molecule has 1 N–H and O–H groups in total. The molecule has 0 heterocycles. The Morgan fingerprint density at radius 3 is 2.47 bits per heavy atom. The molecule has 6 nitrogen and oxygen atoms in total. The Morgan fingerprint density at radius 1 is 1.06 bits per heavy atom. The Morgan fingerprint density at radius 2 is 1.81 bits per heavy atom. The molecule has 0 aliphatic carbocycles. The molecule has 0 fully saturated rings. The summed E-state index contributed by atoms with van der Waals surface area (Å²) in [5.41, 5.74) is 2.91. The summed E-state index contributed by atoms with van der Waals surface area (Å²) >= 11 is 0. The quantitative estimate of drug-likeness (QED) is 0.562. The summed E-state index contributed by atoms with van der Waals surface area (Å²) in [5.74, 6) is 1.00. The van der Waals surface area contributed by atoms with Gasteiger partial charge in [0.15, 0.2) is 6.61 Å². The van der Waals surface area contributed by atoms with Gasteiger partial charge in [0.05, 0.1) is 7.11 Å². The van der Waals surface area contributed by atoms with Gasteiger partial charge in [-0.15, -0.1) is 0 Å². The number of benzene rings is 2. The summed E-state index contributed by atoms with van der Waals surface area (Å²) in [6.07, 6.45) is 1.32. The van der Waals surface area contributed by atoms with E-state index in [1.807, 2.05) is 77.1 Å². The van der Waals surface area contributed by atoms with Crippen molar-refractivity contribution < 1.29 is 19.1 Å². The first kappa shape index (κ1) is 25.2. The Hall–Kier alpha value is -3.02. The van der Waals surface area contributed by atoms with E-state index in [-0.39, 0.29) is 24.5 Å². The summed E-state index contributed by atoms with van der Waals surface area (Å²) in [7, 11) is 1.61. The van der Waals surface area contributed by atoms with Gasteiger partial charge >= 0.3 is 0 Å². The van der Waals surface area contributed by atoms with E-state index in [9.17, 15) is 9.59 Å². The van der Waals surface area contributed by atoms with Crippen LogP contribution in [0.15, 0.2) is 42.5 Å². The van der Waals surface area contributed by atoms with E-state index in [2.05, 4.69) is 5.32 Å². The molecule has 2 aromatic rings. The van der Waals surface area contributed by atoms with Crippen LogP contribution in [0, 0.1) is 13.8 Å². The van der Waals surface area contributed by atoms with Crippen molar-refractivity contribution in [3.8, 4) is 11.5 Å². The lowest BCUT2D eigenvalue weighted by atomic mass is 10.1. The zero-order valence-electron chi connectivity index (χ0n) is 20.1. The maximum atomic E-state index is 13.3. The number of hydrogen-bond donors (Lipinski definition) is 1. The summed E-state index contributed by atoms with van der Waals surface area (Å²) in [5, 5.41) is 3.02. The van der Waals surface area contributed by atoms with Crippen LogP contribution in [0.2, 0.25) is 0 Å². The zero-order valence-corrected chi connectivity index (χ0v) is 20.1. The summed E-state index contributed by atoms with van der Waals surface area (Å²) in [4.78, 5) is 27.9. The van der Waals surface area contributed by atoms with Crippen LogP contribution in [0.3, 0.4) is 0 Å². The second kappa shape index (κ2) is 12.1. The minimum Gasteiger partial charge on any atom is -0.497 e. The van der Waals surface area contributed by atoms with E-state index in [0.29, 0.717) is 24.5 Å². The lowest BCUT2D eigenvalue weighted by Gasteiger charge is -2.31. The molecule has 0 aliphatic rings. The number of methoxy groups -OCH3 is 1. The summed E-state index contributed by atoms with van der Waals surface area (Å²) in [6.45, 7) is 9.97. The SMILES string of the molecule is CC[C@@H](C)NC(=O)[C@H](CC)N(Cc1cccc(OC)c1)C(=O)COc1cc(C)ccc1C. The lowest BCUT2D eigenvalue weighted by molar-refractivity contribution is -0.143. The molecule has 32 heavy (non-hydrogen) atoms. The molecule has 2 amide bonds. The Kier molecular flexibility index (Phi) is 9.57. The summed E-state index contributed by atoms with van der Waals surface area (Å²) < 4.78 is 11.2. The second-order valence-corrected chi connectivity index (χ2v) is 8.17. The van der Waals surface area contributed by atoms with E-state index in [0.717, 1.165) is 23.1 Å². The molecule has 0 unspecified atom stereocenters. The Bertz CT molecular complexity index is 912. The van der Waals surface area contributed by atoms with Crippen LogP contribution in [0.25, 0.3) is 0 Å². The van der Waals surface area contributed by atoms with Gasteiger partial charge in [-0.25, -0.2) is 0 Å². The minimum absolute atomic E-state index is 0.0384. The largest absolute Gasteiger partial charge is 0.497 e. The first-order valence-electron chi connectivity index (χ1n) is 11.2. The molecule has 0 radical (unpaired) electrons. The van der Waals surface area contributed by atoms with Gasteiger partial charge in [-0.1, -0.05) is 38.1 Å². The molecular formula is C26H36N2O4. The number of nitrogens with one attached hydrogen (secondary N) is 1. The normalized spacial score (nSPS) is 12.6. The number of hydrogen-bond acceptors (Lipinski definition) is 4. The van der Waals surface area contributed by atoms with Crippen molar-refractivity contribution in [3.05, 3.63) is 59.2 Å². The Balaban J connectivity index is 2.27. The van der Waals surface area contributed by atoms with Crippen LogP contribution in [-0.4, -0.2) is 42.5 Å². The Labute approximate surface area is 191 Å². The highest BCUT2D eigenvalue weighted by atomic mass is 16.5. The number of ether oxygens (including phenoxy) is 2. The number of carbonyl (C=O) groups is 2. The van der Waals surface area contributed by atoms with Crippen LogP contribution in [0.1, 0.15) is 50.3 Å². The second-order valence-electron chi connectivity index (χ2n) is 8.17. The maximum Gasteiger partial charge on any atom is 0.261 e. The van der Waals surface area contributed by atoms with Crippen molar-refractivity contribution in [2.75, 3.05) is 13.7 Å². The number of nitrogens with zero attached hydrogens (tertiary/aromatic N) is 1. The number of carbonyl (C=O) groups excluding carboxylic acids is 2. The summed E-state index contributed by atoms with van der Waals surface area (Å²) in [6, 6.07) is 12.9. The molecule has 0 spiro atoms. The van der Waals surface area contributed by atoms with Gasteiger partial charge < -0.3 is 19.7 Å². The van der Waals surface area contributed by atoms with E-state index in [1.165, 1.54) is 0 Å². The molecule has 0 saturated carbocycles. The predicted octanol–water partition coefficient (Wildman–Crippen LogP) is 4.41. The van der Waals surface area contributed by atoms with Gasteiger partial charge in [-0.3, -0.25) is 9.59 Å². The molecule has 0 aliphatic heterocycles. The minimum atomic E-state index is -0.593. The van der Waals surface area contributed by atoms with Crippen molar-refractivity contribution in [1.29, 1.82) is 0 Å². The van der Waals surface area contributed by atoms with Gasteiger partial charge in [-0.05, 0) is 68.5 Å². The highest BCUT2D eigenvalue weighted by molar-refractivity contribution is 5.88. The highest BCUT2D eigenvalue weighted by Gasteiger charge is 2.29.